The van der Waals surface area contributed by atoms with Gasteiger partial charge in [0, 0.05) is 6.07 Å². The maximum Gasteiger partial charge on any atom is 0.251 e. The van der Waals surface area contributed by atoms with Crippen molar-refractivity contribution >= 4 is 34.8 Å². The number of amides is 2. The molecule has 0 spiro atoms. The zero-order valence-electron chi connectivity index (χ0n) is 12.0. The molecule has 4 N–H and O–H groups in total. The van der Waals surface area contributed by atoms with E-state index in [1.807, 2.05) is 0 Å². The van der Waals surface area contributed by atoms with Crippen LogP contribution in [0.3, 0.4) is 0 Å². The second-order valence-electron chi connectivity index (χ2n) is 4.70. The summed E-state index contributed by atoms with van der Waals surface area (Å²) >= 11 is 5.76. The van der Waals surface area contributed by atoms with Crippen molar-refractivity contribution in [2.45, 2.75) is 0 Å². The topological polar surface area (TPSA) is 84.2 Å². The van der Waals surface area contributed by atoms with Crippen LogP contribution >= 0.6 is 11.6 Å². The third-order valence-corrected chi connectivity index (χ3v) is 3.28. The number of halogens is 4. The maximum absolute atomic E-state index is 13.6. The van der Waals surface area contributed by atoms with Crippen molar-refractivity contribution < 1.29 is 22.8 Å². The number of anilines is 2. The highest BCUT2D eigenvalue weighted by molar-refractivity contribution is 6.33. The minimum atomic E-state index is -1.10. The first-order chi connectivity index (χ1) is 11.3. The van der Waals surface area contributed by atoms with Gasteiger partial charge in [0.25, 0.3) is 5.91 Å². The number of nitrogens with one attached hydrogen (secondary N) is 2. The molecule has 5 nitrogen and oxygen atoms in total. The minimum absolute atomic E-state index is 0.00710. The van der Waals surface area contributed by atoms with Gasteiger partial charge in [0.15, 0.2) is 0 Å². The molecular formula is C15H11ClF3N3O2. The van der Waals surface area contributed by atoms with E-state index < -0.39 is 41.4 Å². The molecule has 2 aromatic carbocycles. The van der Waals surface area contributed by atoms with Crippen molar-refractivity contribution in [2.75, 3.05) is 17.2 Å². The summed E-state index contributed by atoms with van der Waals surface area (Å²) in [6, 6.07) is 4.73. The van der Waals surface area contributed by atoms with Crippen molar-refractivity contribution in [2.24, 2.45) is 5.73 Å². The molecule has 0 radical (unpaired) electrons. The van der Waals surface area contributed by atoms with E-state index in [4.69, 9.17) is 17.3 Å². The molecule has 0 bridgehead atoms. The first-order valence-corrected chi connectivity index (χ1v) is 6.93. The Morgan fingerprint density at radius 2 is 1.75 bits per heavy atom. The lowest BCUT2D eigenvalue weighted by molar-refractivity contribution is -0.114. The fourth-order valence-electron chi connectivity index (χ4n) is 1.83. The Morgan fingerprint density at radius 1 is 1.04 bits per heavy atom. The van der Waals surface area contributed by atoms with Crippen molar-refractivity contribution in [1.29, 1.82) is 0 Å². The third-order valence-electron chi connectivity index (χ3n) is 2.97. The van der Waals surface area contributed by atoms with Gasteiger partial charge in [0.2, 0.25) is 5.91 Å². The van der Waals surface area contributed by atoms with E-state index in [-0.39, 0.29) is 16.4 Å². The van der Waals surface area contributed by atoms with Crippen LogP contribution in [0.15, 0.2) is 30.3 Å². The van der Waals surface area contributed by atoms with E-state index in [2.05, 4.69) is 10.6 Å². The zero-order chi connectivity index (χ0) is 17.9. The van der Waals surface area contributed by atoms with Crippen LogP contribution in [-0.4, -0.2) is 18.4 Å². The van der Waals surface area contributed by atoms with Crippen LogP contribution < -0.4 is 16.4 Å². The number of carbonyl (C=O) groups excluding carboxylic acids is 2. The van der Waals surface area contributed by atoms with Gasteiger partial charge in [-0.1, -0.05) is 11.6 Å². The van der Waals surface area contributed by atoms with Gasteiger partial charge < -0.3 is 16.4 Å². The number of nitrogens with two attached hydrogens (primary N) is 1. The van der Waals surface area contributed by atoms with Gasteiger partial charge in [0.05, 0.1) is 28.5 Å². The highest BCUT2D eigenvalue weighted by Gasteiger charge is 2.14. The summed E-state index contributed by atoms with van der Waals surface area (Å²) in [5.74, 6) is -4.35. The Labute approximate surface area is 139 Å². The first-order valence-electron chi connectivity index (χ1n) is 6.55. The molecule has 0 aliphatic heterocycles. The molecule has 9 heteroatoms. The molecule has 0 aromatic heterocycles. The maximum atomic E-state index is 13.6. The summed E-state index contributed by atoms with van der Waals surface area (Å²) in [7, 11) is 0. The van der Waals surface area contributed by atoms with E-state index in [0.29, 0.717) is 6.07 Å². The molecule has 0 unspecified atom stereocenters. The number of hydrogen-bond donors (Lipinski definition) is 3. The lowest BCUT2D eigenvalue weighted by Gasteiger charge is -2.11. The molecule has 0 fully saturated rings. The van der Waals surface area contributed by atoms with Gasteiger partial charge in [0.1, 0.15) is 17.5 Å². The predicted octanol–water partition coefficient (Wildman–Crippen LogP) is 2.91. The summed E-state index contributed by atoms with van der Waals surface area (Å²) < 4.78 is 39.9. The number of benzene rings is 2. The number of hydrogen-bond acceptors (Lipinski definition) is 3. The summed E-state index contributed by atoms with van der Waals surface area (Å²) in [4.78, 5) is 22.8. The monoisotopic (exact) mass is 357 g/mol. The normalized spacial score (nSPS) is 10.3. The van der Waals surface area contributed by atoms with Gasteiger partial charge >= 0.3 is 0 Å². The minimum Gasteiger partial charge on any atom is -0.374 e. The van der Waals surface area contributed by atoms with Gasteiger partial charge in [-0.2, -0.15) is 0 Å². The van der Waals surface area contributed by atoms with Crippen molar-refractivity contribution in [3.63, 3.8) is 0 Å². The van der Waals surface area contributed by atoms with Crippen molar-refractivity contribution in [3.05, 3.63) is 58.4 Å². The molecule has 24 heavy (non-hydrogen) atoms. The standard InChI is InChI=1S/C15H11ClF3N3O2/c16-9-3-7(17)1-2-12(9)22-14(23)6-21-13-4-8(15(20)24)10(18)5-11(13)19/h1-5,21H,6H2,(H2,20,24)(H,22,23). The van der Waals surface area contributed by atoms with E-state index in [1.165, 1.54) is 6.07 Å². The molecule has 0 aliphatic rings. The van der Waals surface area contributed by atoms with Gasteiger partial charge in [-0.25, -0.2) is 13.2 Å². The number of primary amides is 1. The molecule has 0 aliphatic carbocycles. The first kappa shape index (κ1) is 17.6. The van der Waals surface area contributed by atoms with Crippen LogP contribution in [0.5, 0.6) is 0 Å². The highest BCUT2D eigenvalue weighted by Crippen LogP contribution is 2.22. The van der Waals surface area contributed by atoms with Crippen LogP contribution in [0.4, 0.5) is 24.5 Å². The number of rotatable bonds is 5. The van der Waals surface area contributed by atoms with Crippen LogP contribution in [-0.2, 0) is 4.79 Å². The average molecular weight is 358 g/mol. The summed E-state index contributed by atoms with van der Waals surface area (Å²) in [5.41, 5.74) is 4.35. The van der Waals surface area contributed by atoms with Crippen molar-refractivity contribution in [1.82, 2.24) is 0 Å². The van der Waals surface area contributed by atoms with E-state index in [1.54, 1.807) is 0 Å². The summed E-state index contributed by atoms with van der Waals surface area (Å²) in [6.45, 7) is -0.408. The average Bonchev–Trinajstić information content (AvgIpc) is 2.49. The fraction of sp³-hybridized carbons (Fsp3) is 0.0667. The fourth-order valence-corrected chi connectivity index (χ4v) is 2.05. The lowest BCUT2D eigenvalue weighted by Crippen LogP contribution is -2.23. The Balaban J connectivity index is 2.06. The zero-order valence-corrected chi connectivity index (χ0v) is 12.8. The second kappa shape index (κ2) is 7.22. The smallest absolute Gasteiger partial charge is 0.251 e. The quantitative estimate of drug-likeness (QED) is 0.769. The SMILES string of the molecule is NC(=O)c1cc(NCC(=O)Nc2ccc(F)cc2Cl)c(F)cc1F. The van der Waals surface area contributed by atoms with E-state index in [9.17, 15) is 22.8 Å². The van der Waals surface area contributed by atoms with Crippen LogP contribution in [0, 0.1) is 17.5 Å². The molecule has 0 saturated carbocycles. The molecule has 126 valence electrons. The molecule has 2 amide bonds. The van der Waals surface area contributed by atoms with Crippen LogP contribution in [0.25, 0.3) is 0 Å². The molecule has 2 aromatic rings. The van der Waals surface area contributed by atoms with Gasteiger partial charge in [-0.15, -0.1) is 0 Å². The molecular weight excluding hydrogens is 347 g/mol. The van der Waals surface area contributed by atoms with Gasteiger partial charge in [-0.05, 0) is 24.3 Å². The van der Waals surface area contributed by atoms with Gasteiger partial charge in [-0.3, -0.25) is 9.59 Å². The lowest BCUT2D eigenvalue weighted by atomic mass is 10.1. The molecule has 2 rings (SSSR count). The Morgan fingerprint density at radius 3 is 2.38 bits per heavy atom. The Kier molecular flexibility index (Phi) is 5.30. The summed E-state index contributed by atoms with van der Waals surface area (Å²) in [5, 5.41) is 4.79. The Hall–Kier alpha value is -2.74. The largest absolute Gasteiger partial charge is 0.374 e. The third kappa shape index (κ3) is 4.17. The second-order valence-corrected chi connectivity index (χ2v) is 5.11. The van der Waals surface area contributed by atoms with E-state index in [0.717, 1.165) is 18.2 Å². The van der Waals surface area contributed by atoms with E-state index >= 15 is 0 Å². The molecule has 0 heterocycles. The summed E-state index contributed by atoms with van der Waals surface area (Å²) in [6.07, 6.45) is 0. The van der Waals surface area contributed by atoms with Crippen LogP contribution in [0.1, 0.15) is 10.4 Å². The predicted molar refractivity (Wildman–Crippen MR) is 83.4 cm³/mol. The highest BCUT2D eigenvalue weighted by atomic mass is 35.5. The Bertz CT molecular complexity index is 815. The molecule has 0 saturated heterocycles. The molecule has 0 atom stereocenters. The van der Waals surface area contributed by atoms with Crippen LogP contribution in [0.2, 0.25) is 5.02 Å². The van der Waals surface area contributed by atoms with Crippen molar-refractivity contribution in [3.8, 4) is 0 Å². The number of carbonyl (C=O) groups is 2.